The first kappa shape index (κ1) is 31.0. The van der Waals surface area contributed by atoms with Crippen molar-refractivity contribution in [3.63, 3.8) is 0 Å². The summed E-state index contributed by atoms with van der Waals surface area (Å²) in [7, 11) is 0. The third kappa shape index (κ3) is 203. The van der Waals surface area contributed by atoms with E-state index in [1.807, 2.05) is 0 Å². The molecule has 14 heavy (non-hydrogen) atoms. The predicted octanol–water partition coefficient (Wildman–Crippen LogP) is -7.50. The summed E-state index contributed by atoms with van der Waals surface area (Å²) >= 11 is -12.9. The molecule has 0 aromatic rings. The van der Waals surface area contributed by atoms with Crippen LogP contribution in [0.2, 0.25) is 0 Å². The summed E-state index contributed by atoms with van der Waals surface area (Å²) in [6, 6.07) is 0. The Balaban J connectivity index is -0.0000000270. The van der Waals surface area contributed by atoms with Crippen LogP contribution in [0.15, 0.2) is 0 Å². The van der Waals surface area contributed by atoms with Gasteiger partial charge >= 0.3 is 172 Å². The number of hydrogen-bond acceptors (Lipinski definition) is 9. The Labute approximate surface area is 167 Å². The van der Waals surface area contributed by atoms with Gasteiger partial charge in [0.05, 0.1) is 0 Å². The van der Waals surface area contributed by atoms with Gasteiger partial charge in [0.2, 0.25) is 0 Å². The van der Waals surface area contributed by atoms with Gasteiger partial charge in [0.25, 0.3) is 0 Å². The van der Waals surface area contributed by atoms with Crippen LogP contribution in [0, 0.1) is 76.3 Å². The summed E-state index contributed by atoms with van der Waals surface area (Å²) in [6.45, 7) is 0. The Bertz CT molecular complexity index is 116. The molecular formula is Dy2O9Zr3. The molecule has 0 aliphatic heterocycles. The molecule has 86 valence electrons. The Hall–Kier alpha value is 4.35. The van der Waals surface area contributed by atoms with Crippen molar-refractivity contribution in [1.29, 1.82) is 0 Å². The molecule has 0 rings (SSSR count). The van der Waals surface area contributed by atoms with Crippen molar-refractivity contribution >= 4 is 0 Å². The van der Waals surface area contributed by atoms with E-state index in [2.05, 4.69) is 0 Å². The average Bonchev–Trinajstić information content (AvgIpc) is 1.54. The second-order valence-electron chi connectivity index (χ2n) is 0.750. The Morgan fingerprint density at radius 2 is 0.500 bits per heavy atom. The van der Waals surface area contributed by atoms with Crippen molar-refractivity contribution < 1.29 is 172 Å². The van der Waals surface area contributed by atoms with Crippen LogP contribution < -0.4 is 19.1 Å². The molecular weight excluding hydrogens is 743 g/mol. The van der Waals surface area contributed by atoms with Crippen LogP contribution in [0.5, 0.6) is 0 Å². The molecule has 0 aliphatic carbocycles. The summed E-state index contributed by atoms with van der Waals surface area (Å²) in [5.41, 5.74) is 0. The molecule has 0 unspecified atom stereocenters. The average molecular weight is 743 g/mol. The minimum absolute atomic E-state index is 0. The topological polar surface area (TPSA) is 190 Å². The quantitative estimate of drug-likeness (QED) is 0.232. The van der Waals surface area contributed by atoms with Gasteiger partial charge in [-0.25, -0.2) is 0 Å². The second kappa shape index (κ2) is 26.0. The molecule has 0 fully saturated rings. The van der Waals surface area contributed by atoms with Crippen LogP contribution in [0.25, 0.3) is 0 Å². The minimum atomic E-state index is -4.29. The van der Waals surface area contributed by atoms with E-state index in [1.54, 1.807) is 0 Å². The number of rotatable bonds is 0. The maximum absolute atomic E-state index is 8.61. The van der Waals surface area contributed by atoms with Crippen molar-refractivity contribution in [2.24, 2.45) is 0 Å². The van der Waals surface area contributed by atoms with E-state index in [0.717, 1.165) is 0 Å². The maximum atomic E-state index is 8.61. The third-order valence-electron chi connectivity index (χ3n) is 0. The first-order valence-electron chi connectivity index (χ1n) is 1.84. The summed E-state index contributed by atoms with van der Waals surface area (Å²) in [6.07, 6.45) is 0. The molecule has 2 radical (unpaired) electrons. The SMILES string of the molecule is [Dy+3].[Dy+3].[O]=[Zr]([O-])[O-].[O]=[Zr]([O-])[O-].[O]=[Zr]([O-])[O-]. The molecule has 0 spiro atoms. The van der Waals surface area contributed by atoms with Crippen LogP contribution in [-0.4, -0.2) is 0 Å². The van der Waals surface area contributed by atoms with Crippen molar-refractivity contribution in [3.05, 3.63) is 0 Å². The summed E-state index contributed by atoms with van der Waals surface area (Å²) in [5, 5.41) is 0. The molecule has 0 aliphatic rings. The van der Waals surface area contributed by atoms with Gasteiger partial charge < -0.3 is 0 Å². The summed E-state index contributed by atoms with van der Waals surface area (Å²) in [4.78, 5) is 0. The van der Waals surface area contributed by atoms with E-state index in [0.29, 0.717) is 0 Å². The zero-order chi connectivity index (χ0) is 10.7. The molecule has 0 aromatic heterocycles. The fraction of sp³-hybridized carbons (Fsp3) is 0. The van der Waals surface area contributed by atoms with Crippen molar-refractivity contribution in [2.75, 3.05) is 0 Å². The normalized spacial score (nSPS) is 5.57. The van der Waals surface area contributed by atoms with Gasteiger partial charge in [0, 0.05) is 0 Å². The Morgan fingerprint density at radius 3 is 0.500 bits per heavy atom. The molecule has 0 saturated heterocycles. The number of hydrogen-bond donors (Lipinski definition) is 0. The first-order chi connectivity index (χ1) is 5.20. The zero-order valence-electron chi connectivity index (χ0n) is 5.81. The fourth-order valence-electron chi connectivity index (χ4n) is 0. The molecule has 0 aromatic carbocycles. The van der Waals surface area contributed by atoms with E-state index < -0.39 is 67.9 Å². The van der Waals surface area contributed by atoms with Crippen LogP contribution in [-0.2, 0) is 76.3 Å². The fourth-order valence-corrected chi connectivity index (χ4v) is 0. The van der Waals surface area contributed by atoms with Gasteiger partial charge in [-0.2, -0.15) is 0 Å². The van der Waals surface area contributed by atoms with E-state index in [1.165, 1.54) is 0 Å². The molecule has 14 heteroatoms. The van der Waals surface area contributed by atoms with Gasteiger partial charge in [-0.15, -0.1) is 0 Å². The molecule has 0 heterocycles. The van der Waals surface area contributed by atoms with Crippen LogP contribution in [0.3, 0.4) is 0 Å². The van der Waals surface area contributed by atoms with E-state index >= 15 is 0 Å². The Kier molecular flexibility index (Phi) is 57.6. The molecule has 0 N–H and O–H groups in total. The van der Waals surface area contributed by atoms with E-state index in [9.17, 15) is 0 Å². The van der Waals surface area contributed by atoms with Crippen molar-refractivity contribution in [3.8, 4) is 0 Å². The zero-order valence-corrected chi connectivity index (χ0v) is 17.2. The van der Waals surface area contributed by atoms with E-state index in [-0.39, 0.29) is 76.3 Å². The first-order valence-corrected chi connectivity index (χ1v) is 10.9. The van der Waals surface area contributed by atoms with Gasteiger partial charge in [0.15, 0.2) is 0 Å². The van der Waals surface area contributed by atoms with Crippen LogP contribution >= 0.6 is 0 Å². The monoisotopic (exact) mass is 742 g/mol. The standard InChI is InChI=1S/2Dy.9O.3Zr/q2*+3;;;;6*-1;;;. The van der Waals surface area contributed by atoms with Crippen molar-refractivity contribution in [1.82, 2.24) is 0 Å². The van der Waals surface area contributed by atoms with Gasteiger partial charge in [0.1, 0.15) is 0 Å². The van der Waals surface area contributed by atoms with Gasteiger partial charge in [-0.05, 0) is 0 Å². The molecule has 0 saturated carbocycles. The molecule has 0 amide bonds. The molecule has 0 bridgehead atoms. The third-order valence-corrected chi connectivity index (χ3v) is 0. The van der Waals surface area contributed by atoms with Crippen molar-refractivity contribution in [2.45, 2.75) is 0 Å². The van der Waals surface area contributed by atoms with Crippen LogP contribution in [0.4, 0.5) is 0 Å². The van der Waals surface area contributed by atoms with E-state index in [4.69, 9.17) is 27.5 Å². The predicted molar refractivity (Wildman–Crippen MR) is 2.06 cm³/mol. The second-order valence-corrected chi connectivity index (χ2v) is 4.44. The summed E-state index contributed by atoms with van der Waals surface area (Å²) < 4.78 is 77.5. The van der Waals surface area contributed by atoms with Crippen LogP contribution in [0.1, 0.15) is 0 Å². The molecule has 9 nitrogen and oxygen atoms in total. The molecule has 0 atom stereocenters. The van der Waals surface area contributed by atoms with Gasteiger partial charge in [-0.1, -0.05) is 0 Å². The summed E-state index contributed by atoms with van der Waals surface area (Å²) in [5.74, 6) is 0. The van der Waals surface area contributed by atoms with Gasteiger partial charge in [-0.3, -0.25) is 0 Å². The Morgan fingerprint density at radius 1 is 0.500 bits per heavy atom.